The summed E-state index contributed by atoms with van der Waals surface area (Å²) in [6, 6.07) is 8.40. The Balaban J connectivity index is 1.81. The minimum Gasteiger partial charge on any atom is -0.497 e. The van der Waals surface area contributed by atoms with Crippen LogP contribution in [0.25, 0.3) is 0 Å². The zero-order chi connectivity index (χ0) is 14.8. The van der Waals surface area contributed by atoms with Gasteiger partial charge < -0.3 is 10.1 Å². The lowest BCUT2D eigenvalue weighted by Gasteiger charge is -2.35. The maximum absolute atomic E-state index is 5.43. The van der Waals surface area contributed by atoms with Crippen molar-refractivity contribution in [1.82, 2.24) is 10.2 Å². The highest BCUT2D eigenvalue weighted by Gasteiger charge is 2.31. The molecule has 1 aliphatic heterocycles. The van der Waals surface area contributed by atoms with E-state index < -0.39 is 0 Å². The lowest BCUT2D eigenvalue weighted by molar-refractivity contribution is 0.139. The summed E-state index contributed by atoms with van der Waals surface area (Å²) in [6.45, 7) is 7.00. The van der Waals surface area contributed by atoms with Gasteiger partial charge in [-0.1, -0.05) is 6.07 Å². The Kier molecular flexibility index (Phi) is 4.51. The summed E-state index contributed by atoms with van der Waals surface area (Å²) in [5, 5.41) is 3.65. The van der Waals surface area contributed by atoms with Crippen molar-refractivity contribution < 1.29 is 4.74 Å². The van der Waals surface area contributed by atoms with Crippen molar-refractivity contribution in [3.63, 3.8) is 0 Å². The van der Waals surface area contributed by atoms with E-state index in [4.69, 9.17) is 4.74 Å². The first-order valence-corrected chi connectivity index (χ1v) is 8.35. The summed E-state index contributed by atoms with van der Waals surface area (Å²) in [5.41, 5.74) is 2.99. The fraction of sp³-hybridized carbons (Fsp3) is 0.667. The summed E-state index contributed by atoms with van der Waals surface area (Å²) >= 11 is 0. The van der Waals surface area contributed by atoms with Crippen LogP contribution >= 0.6 is 0 Å². The van der Waals surface area contributed by atoms with E-state index in [2.05, 4.69) is 42.3 Å². The van der Waals surface area contributed by atoms with Gasteiger partial charge in [0.05, 0.1) is 7.11 Å². The zero-order valence-electron chi connectivity index (χ0n) is 13.6. The Labute approximate surface area is 128 Å². The minimum atomic E-state index is 0.553. The summed E-state index contributed by atoms with van der Waals surface area (Å²) < 4.78 is 5.43. The molecule has 0 amide bonds. The van der Waals surface area contributed by atoms with E-state index >= 15 is 0 Å². The number of rotatable bonds is 5. The van der Waals surface area contributed by atoms with Crippen LogP contribution in [0, 0.1) is 0 Å². The van der Waals surface area contributed by atoms with E-state index in [0.29, 0.717) is 18.1 Å². The van der Waals surface area contributed by atoms with E-state index in [-0.39, 0.29) is 0 Å². The van der Waals surface area contributed by atoms with Crippen LogP contribution in [-0.2, 0) is 6.42 Å². The molecular weight excluding hydrogens is 260 g/mol. The standard InChI is InChI=1S/C18H28N2O/c1-13(2)20(12-15-5-4-10-19-15)18-9-7-14-6-8-16(21-3)11-17(14)18/h6,8,11,13,15,18-19H,4-5,7,9-10,12H2,1-3H3. The Hall–Kier alpha value is -1.06. The Morgan fingerprint density at radius 3 is 2.86 bits per heavy atom. The SMILES string of the molecule is COc1ccc2c(c1)C(N(CC1CCCN1)C(C)C)CC2. The van der Waals surface area contributed by atoms with E-state index in [9.17, 15) is 0 Å². The molecule has 0 aromatic heterocycles. The number of methoxy groups -OCH3 is 1. The first-order valence-electron chi connectivity index (χ1n) is 8.35. The highest BCUT2D eigenvalue weighted by molar-refractivity contribution is 5.41. The number of ether oxygens (including phenoxy) is 1. The molecule has 1 aromatic rings. The van der Waals surface area contributed by atoms with Crippen LogP contribution in [0.5, 0.6) is 5.75 Å². The predicted octanol–water partition coefficient (Wildman–Crippen LogP) is 3.14. The monoisotopic (exact) mass is 288 g/mol. The van der Waals surface area contributed by atoms with Crippen molar-refractivity contribution in [2.45, 2.75) is 57.7 Å². The molecule has 116 valence electrons. The van der Waals surface area contributed by atoms with Crippen molar-refractivity contribution in [2.24, 2.45) is 0 Å². The minimum absolute atomic E-state index is 0.553. The number of aryl methyl sites for hydroxylation is 1. The fourth-order valence-electron chi connectivity index (χ4n) is 3.90. The summed E-state index contributed by atoms with van der Waals surface area (Å²) in [5.74, 6) is 0.989. The molecule has 2 aliphatic rings. The lowest BCUT2D eigenvalue weighted by atomic mass is 10.0. The predicted molar refractivity (Wildman–Crippen MR) is 86.9 cm³/mol. The van der Waals surface area contributed by atoms with Crippen LogP contribution in [0.3, 0.4) is 0 Å². The topological polar surface area (TPSA) is 24.5 Å². The molecule has 3 heteroatoms. The first-order chi connectivity index (χ1) is 10.2. The van der Waals surface area contributed by atoms with Gasteiger partial charge in [-0.3, -0.25) is 4.90 Å². The van der Waals surface area contributed by atoms with Crippen molar-refractivity contribution in [2.75, 3.05) is 20.2 Å². The number of nitrogens with zero attached hydrogens (tertiary/aromatic N) is 1. The van der Waals surface area contributed by atoms with Gasteiger partial charge in [0.2, 0.25) is 0 Å². The summed E-state index contributed by atoms with van der Waals surface area (Å²) in [7, 11) is 1.76. The molecule has 1 heterocycles. The molecule has 0 bridgehead atoms. The highest BCUT2D eigenvalue weighted by atomic mass is 16.5. The van der Waals surface area contributed by atoms with Gasteiger partial charge in [0, 0.05) is 24.7 Å². The van der Waals surface area contributed by atoms with Crippen molar-refractivity contribution in [1.29, 1.82) is 0 Å². The third kappa shape index (κ3) is 3.09. The molecule has 21 heavy (non-hydrogen) atoms. The van der Waals surface area contributed by atoms with Crippen LogP contribution in [0.1, 0.15) is 50.3 Å². The van der Waals surface area contributed by atoms with Gasteiger partial charge >= 0.3 is 0 Å². The van der Waals surface area contributed by atoms with Gasteiger partial charge in [-0.25, -0.2) is 0 Å². The van der Waals surface area contributed by atoms with Gasteiger partial charge in [-0.05, 0) is 69.3 Å². The second kappa shape index (κ2) is 6.37. The van der Waals surface area contributed by atoms with E-state index in [1.165, 1.54) is 49.9 Å². The molecule has 1 saturated heterocycles. The fourth-order valence-corrected chi connectivity index (χ4v) is 3.90. The zero-order valence-corrected chi connectivity index (χ0v) is 13.6. The molecule has 2 unspecified atom stereocenters. The second-order valence-corrected chi connectivity index (χ2v) is 6.70. The Bertz CT molecular complexity index is 480. The number of nitrogens with one attached hydrogen (secondary N) is 1. The smallest absolute Gasteiger partial charge is 0.119 e. The molecule has 0 radical (unpaired) electrons. The Morgan fingerprint density at radius 1 is 1.33 bits per heavy atom. The molecule has 0 spiro atoms. The molecule has 1 aliphatic carbocycles. The average Bonchev–Trinajstić information content (AvgIpc) is 3.13. The average molecular weight is 288 g/mol. The van der Waals surface area contributed by atoms with E-state index in [0.717, 1.165) is 5.75 Å². The second-order valence-electron chi connectivity index (χ2n) is 6.70. The summed E-state index contributed by atoms with van der Waals surface area (Å²) in [4.78, 5) is 2.69. The van der Waals surface area contributed by atoms with E-state index in [1.54, 1.807) is 7.11 Å². The van der Waals surface area contributed by atoms with Gasteiger partial charge in [0.25, 0.3) is 0 Å². The van der Waals surface area contributed by atoms with Gasteiger partial charge in [-0.15, -0.1) is 0 Å². The number of hydrogen-bond acceptors (Lipinski definition) is 3. The number of fused-ring (bicyclic) bond motifs is 1. The first kappa shape index (κ1) is 14.9. The van der Waals surface area contributed by atoms with Crippen LogP contribution in [0.4, 0.5) is 0 Å². The third-order valence-electron chi connectivity index (χ3n) is 5.06. The van der Waals surface area contributed by atoms with Gasteiger partial charge in [0.1, 0.15) is 5.75 Å². The van der Waals surface area contributed by atoms with Crippen molar-refractivity contribution >= 4 is 0 Å². The lowest BCUT2D eigenvalue weighted by Crippen LogP contribution is -2.42. The van der Waals surface area contributed by atoms with Crippen molar-refractivity contribution in [3.8, 4) is 5.75 Å². The maximum atomic E-state index is 5.43. The molecule has 3 rings (SSSR count). The summed E-state index contributed by atoms with van der Waals surface area (Å²) in [6.07, 6.45) is 5.09. The number of benzene rings is 1. The molecule has 0 saturated carbocycles. The van der Waals surface area contributed by atoms with Crippen LogP contribution < -0.4 is 10.1 Å². The van der Waals surface area contributed by atoms with Gasteiger partial charge in [-0.2, -0.15) is 0 Å². The van der Waals surface area contributed by atoms with Gasteiger partial charge in [0.15, 0.2) is 0 Å². The maximum Gasteiger partial charge on any atom is 0.119 e. The molecular formula is C18H28N2O. The van der Waals surface area contributed by atoms with Crippen LogP contribution in [0.2, 0.25) is 0 Å². The Morgan fingerprint density at radius 2 is 2.19 bits per heavy atom. The largest absolute Gasteiger partial charge is 0.497 e. The molecule has 1 N–H and O–H groups in total. The highest BCUT2D eigenvalue weighted by Crippen LogP contribution is 2.39. The molecule has 1 aromatic carbocycles. The van der Waals surface area contributed by atoms with E-state index in [1.807, 2.05) is 0 Å². The quantitative estimate of drug-likeness (QED) is 0.901. The molecule has 2 atom stereocenters. The molecule has 3 nitrogen and oxygen atoms in total. The number of hydrogen-bond donors (Lipinski definition) is 1. The van der Waals surface area contributed by atoms with Crippen LogP contribution in [-0.4, -0.2) is 37.2 Å². The third-order valence-corrected chi connectivity index (χ3v) is 5.06. The molecule has 1 fully saturated rings. The normalized spacial score (nSPS) is 24.8. The van der Waals surface area contributed by atoms with Crippen LogP contribution in [0.15, 0.2) is 18.2 Å². The van der Waals surface area contributed by atoms with Crippen molar-refractivity contribution in [3.05, 3.63) is 29.3 Å².